The van der Waals surface area contributed by atoms with Crippen molar-refractivity contribution in [1.29, 1.82) is 0 Å². The van der Waals surface area contributed by atoms with Gasteiger partial charge in [0.1, 0.15) is 5.75 Å². The molecule has 0 heterocycles. The molecule has 0 unspecified atom stereocenters. The Hall–Kier alpha value is -1.74. The Balaban J connectivity index is 0.00000312. The van der Waals surface area contributed by atoms with E-state index < -0.39 is 24.9 Å². The van der Waals surface area contributed by atoms with Gasteiger partial charge in [-0.15, -0.1) is 12.4 Å². The summed E-state index contributed by atoms with van der Waals surface area (Å²) >= 11 is 0. The number of amides is 1. The van der Waals surface area contributed by atoms with Gasteiger partial charge in [0.2, 0.25) is 5.91 Å². The highest BCUT2D eigenvalue weighted by Crippen LogP contribution is 2.32. The number of hydrogen-bond acceptors (Lipinski definition) is 4. The van der Waals surface area contributed by atoms with Gasteiger partial charge in [-0.25, -0.2) is 0 Å². The van der Waals surface area contributed by atoms with Crippen LogP contribution >= 0.6 is 12.4 Å². The lowest BCUT2D eigenvalue weighted by molar-refractivity contribution is -0.117. The molecule has 0 spiro atoms. The van der Waals surface area contributed by atoms with Crippen LogP contribution in [-0.2, 0) is 4.79 Å². The molecule has 0 bridgehead atoms. The fourth-order valence-electron chi connectivity index (χ4n) is 2.73. The number of carbonyl (C=O) groups is 1. The Labute approximate surface area is 148 Å². The zero-order chi connectivity index (χ0) is 17.7. The molecule has 3 N–H and O–H groups in total. The average molecular weight is 387 g/mol. The SMILES string of the molecule is Cl.N[C@@H]1CCC[C@H]1CC(=O)Nc1ccc(OC(F)F)cc1OC(F)F. The molecular weight excluding hydrogens is 368 g/mol. The highest BCUT2D eigenvalue weighted by Gasteiger charge is 2.26. The largest absolute Gasteiger partial charge is 0.435 e. The molecule has 1 fully saturated rings. The maximum absolute atomic E-state index is 12.5. The Morgan fingerprint density at radius 1 is 1.20 bits per heavy atom. The second kappa shape index (κ2) is 9.67. The van der Waals surface area contributed by atoms with Crippen LogP contribution in [0, 0.1) is 5.92 Å². The molecule has 0 aliphatic heterocycles. The van der Waals surface area contributed by atoms with Gasteiger partial charge in [-0.2, -0.15) is 17.6 Å². The van der Waals surface area contributed by atoms with Gasteiger partial charge < -0.3 is 20.5 Å². The van der Waals surface area contributed by atoms with Crippen LogP contribution in [0.25, 0.3) is 0 Å². The maximum atomic E-state index is 12.5. The first-order valence-electron chi connectivity index (χ1n) is 7.44. The van der Waals surface area contributed by atoms with Gasteiger partial charge in [0.25, 0.3) is 0 Å². The maximum Gasteiger partial charge on any atom is 0.387 e. The Morgan fingerprint density at radius 2 is 1.88 bits per heavy atom. The number of carbonyl (C=O) groups excluding carboxylic acids is 1. The number of ether oxygens (including phenoxy) is 2. The van der Waals surface area contributed by atoms with Crippen LogP contribution in [-0.4, -0.2) is 25.2 Å². The molecule has 1 aromatic carbocycles. The summed E-state index contributed by atoms with van der Waals surface area (Å²) in [6.07, 6.45) is 2.77. The zero-order valence-electron chi connectivity index (χ0n) is 13.1. The highest BCUT2D eigenvalue weighted by molar-refractivity contribution is 5.92. The van der Waals surface area contributed by atoms with E-state index in [1.807, 2.05) is 0 Å². The van der Waals surface area contributed by atoms with Crippen molar-refractivity contribution in [2.75, 3.05) is 5.32 Å². The van der Waals surface area contributed by atoms with E-state index in [-0.39, 0.29) is 42.2 Å². The predicted octanol–water partition coefficient (Wildman–Crippen LogP) is 3.77. The zero-order valence-corrected chi connectivity index (χ0v) is 13.9. The van der Waals surface area contributed by atoms with Gasteiger partial charge in [0, 0.05) is 18.5 Å². The molecular formula is C15H19ClF4N2O3. The van der Waals surface area contributed by atoms with Crippen molar-refractivity contribution in [3.63, 3.8) is 0 Å². The number of benzene rings is 1. The third-order valence-electron chi connectivity index (χ3n) is 3.83. The van der Waals surface area contributed by atoms with Crippen molar-refractivity contribution in [2.24, 2.45) is 11.7 Å². The summed E-state index contributed by atoms with van der Waals surface area (Å²) in [6, 6.07) is 3.10. The second-order valence-corrected chi connectivity index (χ2v) is 5.52. The topological polar surface area (TPSA) is 73.6 Å². The van der Waals surface area contributed by atoms with E-state index in [4.69, 9.17) is 5.73 Å². The van der Waals surface area contributed by atoms with Crippen LogP contribution in [0.2, 0.25) is 0 Å². The lowest BCUT2D eigenvalue weighted by atomic mass is 10.00. The van der Waals surface area contributed by atoms with E-state index in [0.717, 1.165) is 31.4 Å². The lowest BCUT2D eigenvalue weighted by Gasteiger charge is -2.17. The predicted molar refractivity (Wildman–Crippen MR) is 85.5 cm³/mol. The van der Waals surface area contributed by atoms with E-state index in [9.17, 15) is 22.4 Å². The van der Waals surface area contributed by atoms with Crippen LogP contribution < -0.4 is 20.5 Å². The van der Waals surface area contributed by atoms with E-state index in [2.05, 4.69) is 14.8 Å². The lowest BCUT2D eigenvalue weighted by Crippen LogP contribution is -2.28. The number of alkyl halides is 4. The minimum absolute atomic E-state index is 0. The molecule has 10 heteroatoms. The van der Waals surface area contributed by atoms with E-state index in [1.165, 1.54) is 6.07 Å². The summed E-state index contributed by atoms with van der Waals surface area (Å²) in [4.78, 5) is 12.1. The van der Waals surface area contributed by atoms with Crippen LogP contribution in [0.15, 0.2) is 18.2 Å². The first-order valence-corrected chi connectivity index (χ1v) is 7.44. The molecule has 1 aliphatic carbocycles. The quantitative estimate of drug-likeness (QED) is 0.700. The minimum Gasteiger partial charge on any atom is -0.435 e. The molecule has 1 aromatic rings. The molecule has 1 saturated carbocycles. The third kappa shape index (κ3) is 6.58. The molecule has 25 heavy (non-hydrogen) atoms. The summed E-state index contributed by atoms with van der Waals surface area (Å²) < 4.78 is 57.7. The Bertz CT molecular complexity index is 578. The highest BCUT2D eigenvalue weighted by atomic mass is 35.5. The summed E-state index contributed by atoms with van der Waals surface area (Å²) in [6.45, 7) is -6.28. The number of halogens is 5. The van der Waals surface area contributed by atoms with Gasteiger partial charge in [-0.3, -0.25) is 4.79 Å². The summed E-state index contributed by atoms with van der Waals surface area (Å²) in [7, 11) is 0. The first-order chi connectivity index (χ1) is 11.3. The van der Waals surface area contributed by atoms with Crippen molar-refractivity contribution in [3.05, 3.63) is 18.2 Å². The number of anilines is 1. The Morgan fingerprint density at radius 3 is 2.44 bits per heavy atom. The van der Waals surface area contributed by atoms with E-state index in [1.54, 1.807) is 0 Å². The van der Waals surface area contributed by atoms with Crippen molar-refractivity contribution in [1.82, 2.24) is 0 Å². The first kappa shape index (κ1) is 21.3. The summed E-state index contributed by atoms with van der Waals surface area (Å²) in [5.74, 6) is -1.17. The molecule has 142 valence electrons. The second-order valence-electron chi connectivity index (χ2n) is 5.52. The number of rotatable bonds is 7. The summed E-state index contributed by atoms with van der Waals surface area (Å²) in [5, 5.41) is 2.45. The smallest absolute Gasteiger partial charge is 0.387 e. The standard InChI is InChI=1S/C15H18F4N2O3.ClH/c16-14(17)23-9-4-5-11(12(7-9)24-15(18)19)21-13(22)6-8-2-1-3-10(8)20;/h4-5,7-8,10,14-15H,1-3,6,20H2,(H,21,22);1H/t8-,10+;/m0./s1. The van der Waals surface area contributed by atoms with Crippen LogP contribution in [0.5, 0.6) is 11.5 Å². The molecule has 1 amide bonds. The molecule has 0 radical (unpaired) electrons. The molecule has 2 atom stereocenters. The van der Waals surface area contributed by atoms with Crippen molar-refractivity contribution >= 4 is 24.0 Å². The van der Waals surface area contributed by atoms with E-state index >= 15 is 0 Å². The van der Waals surface area contributed by atoms with Gasteiger partial charge in [-0.05, 0) is 30.9 Å². The fourth-order valence-corrected chi connectivity index (χ4v) is 2.73. The van der Waals surface area contributed by atoms with Crippen molar-refractivity contribution in [2.45, 2.75) is 44.9 Å². The van der Waals surface area contributed by atoms with Crippen LogP contribution in [0.1, 0.15) is 25.7 Å². The molecule has 1 aliphatic rings. The van der Waals surface area contributed by atoms with E-state index in [0.29, 0.717) is 0 Å². The van der Waals surface area contributed by atoms with Gasteiger partial charge in [0.05, 0.1) is 5.69 Å². The van der Waals surface area contributed by atoms with Crippen LogP contribution in [0.4, 0.5) is 23.2 Å². The van der Waals surface area contributed by atoms with Crippen molar-refractivity contribution in [3.8, 4) is 11.5 Å². The number of nitrogens with one attached hydrogen (secondary N) is 1. The third-order valence-corrected chi connectivity index (χ3v) is 3.83. The number of nitrogens with two attached hydrogens (primary N) is 1. The molecule has 5 nitrogen and oxygen atoms in total. The molecule has 0 aromatic heterocycles. The number of hydrogen-bond donors (Lipinski definition) is 2. The van der Waals surface area contributed by atoms with Gasteiger partial charge in [0.15, 0.2) is 5.75 Å². The van der Waals surface area contributed by atoms with Gasteiger partial charge >= 0.3 is 13.2 Å². The normalized spacial score (nSPS) is 19.6. The van der Waals surface area contributed by atoms with Gasteiger partial charge in [-0.1, -0.05) is 6.42 Å². The fraction of sp³-hybridized carbons (Fsp3) is 0.533. The van der Waals surface area contributed by atoms with Crippen LogP contribution in [0.3, 0.4) is 0 Å². The summed E-state index contributed by atoms with van der Waals surface area (Å²) in [5.41, 5.74) is 5.84. The molecule has 2 rings (SSSR count). The minimum atomic E-state index is -3.18. The monoisotopic (exact) mass is 386 g/mol. The molecule has 0 saturated heterocycles. The van der Waals surface area contributed by atoms with Crippen molar-refractivity contribution < 1.29 is 31.8 Å². The Kier molecular flexibility index (Phi) is 8.24. The average Bonchev–Trinajstić information content (AvgIpc) is 2.86.